The molecule has 0 radical (unpaired) electrons. The van der Waals surface area contributed by atoms with Gasteiger partial charge in [-0.3, -0.25) is 11.3 Å². The molecule has 0 amide bonds. The molecule has 0 heterocycles. The van der Waals surface area contributed by atoms with Crippen molar-refractivity contribution in [3.05, 3.63) is 28.2 Å². The van der Waals surface area contributed by atoms with Crippen LogP contribution in [-0.2, 0) is 0 Å². The van der Waals surface area contributed by atoms with Gasteiger partial charge in [0.25, 0.3) is 0 Å². The van der Waals surface area contributed by atoms with E-state index >= 15 is 0 Å². The lowest BCUT2D eigenvalue weighted by Crippen LogP contribution is -2.24. The van der Waals surface area contributed by atoms with Gasteiger partial charge in [-0.05, 0) is 18.6 Å². The van der Waals surface area contributed by atoms with Crippen LogP contribution >= 0.6 is 23.2 Å². The molecule has 0 bridgehead atoms. The Kier molecular flexibility index (Phi) is 5.04. The number of rotatable bonds is 5. The summed E-state index contributed by atoms with van der Waals surface area (Å²) in [5.74, 6) is 5.83. The lowest BCUT2D eigenvalue weighted by molar-refractivity contribution is 0.308. The van der Waals surface area contributed by atoms with E-state index in [0.29, 0.717) is 16.7 Å². The van der Waals surface area contributed by atoms with E-state index in [1.165, 1.54) is 0 Å². The second kappa shape index (κ2) is 6.09. The summed E-state index contributed by atoms with van der Waals surface area (Å²) in [5.41, 5.74) is 2.55. The van der Waals surface area contributed by atoms with E-state index in [4.69, 9.17) is 33.8 Å². The molecule has 0 unspecified atom stereocenters. The molecule has 0 saturated heterocycles. The Bertz CT molecular complexity index is 294. The highest BCUT2D eigenvalue weighted by Gasteiger charge is 1.99. The maximum absolute atomic E-state index is 5.81. The van der Waals surface area contributed by atoms with Crippen molar-refractivity contribution in [3.8, 4) is 5.75 Å². The highest BCUT2D eigenvalue weighted by molar-refractivity contribution is 6.42. The second-order valence-corrected chi connectivity index (χ2v) is 3.55. The molecule has 3 N–H and O–H groups in total. The quantitative estimate of drug-likeness (QED) is 0.467. The van der Waals surface area contributed by atoms with Crippen LogP contribution in [0.5, 0.6) is 5.75 Å². The molecule has 0 fully saturated rings. The molecule has 0 saturated carbocycles. The summed E-state index contributed by atoms with van der Waals surface area (Å²) in [6.07, 6.45) is 0.844. The molecular weight excluding hydrogens is 223 g/mol. The molecule has 0 aliphatic carbocycles. The van der Waals surface area contributed by atoms with Crippen LogP contribution in [0, 0.1) is 0 Å². The van der Waals surface area contributed by atoms with Gasteiger partial charge in [-0.2, -0.15) is 0 Å². The third-order valence-corrected chi connectivity index (χ3v) is 2.36. The Labute approximate surface area is 93.1 Å². The van der Waals surface area contributed by atoms with E-state index in [1.807, 2.05) is 0 Å². The van der Waals surface area contributed by atoms with Crippen molar-refractivity contribution in [3.63, 3.8) is 0 Å². The number of hydrazine groups is 1. The fourth-order valence-corrected chi connectivity index (χ4v) is 1.22. The second-order valence-electron chi connectivity index (χ2n) is 2.73. The van der Waals surface area contributed by atoms with Crippen LogP contribution in [0.2, 0.25) is 10.0 Å². The summed E-state index contributed by atoms with van der Waals surface area (Å²) in [6.45, 7) is 1.32. The fourth-order valence-electron chi connectivity index (χ4n) is 0.931. The van der Waals surface area contributed by atoms with Crippen LogP contribution in [0.3, 0.4) is 0 Å². The largest absolute Gasteiger partial charge is 0.493 e. The Morgan fingerprint density at radius 3 is 2.71 bits per heavy atom. The molecular formula is C9H12Cl2N2O. The minimum absolute atomic E-state index is 0.501. The summed E-state index contributed by atoms with van der Waals surface area (Å²) < 4.78 is 5.41. The zero-order valence-electron chi connectivity index (χ0n) is 7.59. The molecule has 0 spiro atoms. The number of hydrogen-bond donors (Lipinski definition) is 2. The van der Waals surface area contributed by atoms with Crippen molar-refractivity contribution in [1.29, 1.82) is 0 Å². The smallest absolute Gasteiger partial charge is 0.120 e. The summed E-state index contributed by atoms with van der Waals surface area (Å²) in [4.78, 5) is 0. The summed E-state index contributed by atoms with van der Waals surface area (Å²) in [5, 5.41) is 1.03. The average Bonchev–Trinajstić information content (AvgIpc) is 2.18. The van der Waals surface area contributed by atoms with Crippen molar-refractivity contribution in [2.75, 3.05) is 13.2 Å². The standard InChI is InChI=1S/C9H12Cl2N2O/c10-8-3-2-7(6-9(8)11)14-5-1-4-13-12/h2-3,6,13H,1,4-5,12H2. The first-order valence-corrected chi connectivity index (χ1v) is 5.01. The number of hydrogen-bond acceptors (Lipinski definition) is 3. The molecule has 0 aromatic heterocycles. The van der Waals surface area contributed by atoms with E-state index in [0.717, 1.165) is 18.7 Å². The third kappa shape index (κ3) is 3.72. The number of benzene rings is 1. The van der Waals surface area contributed by atoms with Gasteiger partial charge in [-0.1, -0.05) is 23.2 Å². The molecule has 3 nitrogen and oxygen atoms in total. The molecule has 14 heavy (non-hydrogen) atoms. The highest BCUT2D eigenvalue weighted by Crippen LogP contribution is 2.26. The van der Waals surface area contributed by atoms with Crippen LogP contribution in [0.25, 0.3) is 0 Å². The van der Waals surface area contributed by atoms with Gasteiger partial charge in [0.05, 0.1) is 16.7 Å². The normalized spacial score (nSPS) is 10.2. The number of halogens is 2. The predicted octanol–water partition coefficient (Wildman–Crippen LogP) is 2.23. The summed E-state index contributed by atoms with van der Waals surface area (Å²) in [6, 6.07) is 5.18. The average molecular weight is 235 g/mol. The third-order valence-electron chi connectivity index (χ3n) is 1.63. The van der Waals surface area contributed by atoms with E-state index in [2.05, 4.69) is 5.43 Å². The van der Waals surface area contributed by atoms with Crippen molar-refractivity contribution in [2.45, 2.75) is 6.42 Å². The zero-order chi connectivity index (χ0) is 10.4. The molecule has 0 aliphatic rings. The van der Waals surface area contributed by atoms with Crippen molar-refractivity contribution < 1.29 is 4.74 Å². The summed E-state index contributed by atoms with van der Waals surface area (Å²) in [7, 11) is 0. The van der Waals surface area contributed by atoms with Crippen LogP contribution in [0.15, 0.2) is 18.2 Å². The highest BCUT2D eigenvalue weighted by atomic mass is 35.5. The van der Waals surface area contributed by atoms with Gasteiger partial charge in [-0.25, -0.2) is 0 Å². The van der Waals surface area contributed by atoms with Crippen molar-refractivity contribution in [1.82, 2.24) is 5.43 Å². The Balaban J connectivity index is 2.39. The van der Waals surface area contributed by atoms with Crippen LogP contribution in [-0.4, -0.2) is 13.2 Å². The van der Waals surface area contributed by atoms with E-state index < -0.39 is 0 Å². The van der Waals surface area contributed by atoms with E-state index in [1.54, 1.807) is 18.2 Å². The minimum Gasteiger partial charge on any atom is -0.493 e. The van der Waals surface area contributed by atoms with E-state index in [-0.39, 0.29) is 0 Å². The van der Waals surface area contributed by atoms with Crippen LogP contribution in [0.1, 0.15) is 6.42 Å². The first-order chi connectivity index (χ1) is 6.74. The Hall–Kier alpha value is -0.480. The number of nitrogens with two attached hydrogens (primary N) is 1. The summed E-state index contributed by atoms with van der Waals surface area (Å²) >= 11 is 11.6. The van der Waals surface area contributed by atoms with Crippen molar-refractivity contribution >= 4 is 23.2 Å². The SMILES string of the molecule is NNCCCOc1ccc(Cl)c(Cl)c1. The lowest BCUT2D eigenvalue weighted by atomic mass is 10.3. The molecule has 5 heteroatoms. The number of nitrogens with one attached hydrogen (secondary N) is 1. The van der Waals surface area contributed by atoms with Gasteiger partial charge >= 0.3 is 0 Å². The van der Waals surface area contributed by atoms with Gasteiger partial charge in [-0.15, -0.1) is 0 Å². The van der Waals surface area contributed by atoms with Crippen LogP contribution in [0.4, 0.5) is 0 Å². The monoisotopic (exact) mass is 234 g/mol. The first-order valence-electron chi connectivity index (χ1n) is 4.25. The fraction of sp³-hybridized carbons (Fsp3) is 0.333. The predicted molar refractivity (Wildman–Crippen MR) is 58.8 cm³/mol. The van der Waals surface area contributed by atoms with E-state index in [9.17, 15) is 0 Å². The lowest BCUT2D eigenvalue weighted by Gasteiger charge is -2.06. The first kappa shape index (κ1) is 11.6. The van der Waals surface area contributed by atoms with Gasteiger partial charge in [0.1, 0.15) is 5.75 Å². The molecule has 78 valence electrons. The zero-order valence-corrected chi connectivity index (χ0v) is 9.11. The Morgan fingerprint density at radius 1 is 1.29 bits per heavy atom. The number of ether oxygens (including phenoxy) is 1. The molecule has 1 aromatic carbocycles. The van der Waals surface area contributed by atoms with Gasteiger partial charge in [0, 0.05) is 12.6 Å². The molecule has 1 rings (SSSR count). The minimum atomic E-state index is 0.501. The van der Waals surface area contributed by atoms with Gasteiger partial charge < -0.3 is 4.74 Å². The van der Waals surface area contributed by atoms with Gasteiger partial charge in [0.2, 0.25) is 0 Å². The maximum atomic E-state index is 5.81. The molecule has 0 atom stereocenters. The molecule has 1 aromatic rings. The molecule has 0 aliphatic heterocycles. The maximum Gasteiger partial charge on any atom is 0.120 e. The Morgan fingerprint density at radius 2 is 2.07 bits per heavy atom. The van der Waals surface area contributed by atoms with Crippen LogP contribution < -0.4 is 16.0 Å². The topological polar surface area (TPSA) is 47.3 Å². The van der Waals surface area contributed by atoms with Gasteiger partial charge in [0.15, 0.2) is 0 Å². The van der Waals surface area contributed by atoms with Crippen molar-refractivity contribution in [2.24, 2.45) is 5.84 Å².